The first-order chi connectivity index (χ1) is 10.9. The van der Waals surface area contributed by atoms with Gasteiger partial charge < -0.3 is 9.47 Å². The zero-order chi connectivity index (χ0) is 18.2. The number of hydrogen-bond acceptors (Lipinski definition) is 4. The van der Waals surface area contributed by atoms with E-state index in [0.29, 0.717) is 0 Å². The van der Waals surface area contributed by atoms with Gasteiger partial charge in [0.2, 0.25) is 0 Å². The zero-order valence-corrected chi connectivity index (χ0v) is 16.3. The van der Waals surface area contributed by atoms with Gasteiger partial charge in [-0.1, -0.05) is 41.0 Å². The van der Waals surface area contributed by atoms with E-state index < -0.39 is 11.4 Å². The molecule has 2 saturated carbocycles. The van der Waals surface area contributed by atoms with Crippen LogP contribution in [-0.4, -0.2) is 24.1 Å². The Kier molecular flexibility index (Phi) is 5.09. The van der Waals surface area contributed by atoms with Gasteiger partial charge in [-0.2, -0.15) is 0 Å². The summed E-state index contributed by atoms with van der Waals surface area (Å²) in [6.45, 7) is 12.3. The standard InChI is InChI=1S/C20H34O4/c1-17(2,3)13-20(14-18(20,4)5)16(22)23-12-15(21)24-19(6)10-8-7-9-11-19/h7-14H2,1-6H3. The molecular weight excluding hydrogens is 304 g/mol. The summed E-state index contributed by atoms with van der Waals surface area (Å²) in [5.74, 6) is -0.662. The molecule has 1 unspecified atom stereocenters. The van der Waals surface area contributed by atoms with Crippen molar-refractivity contribution in [2.45, 2.75) is 92.1 Å². The molecule has 138 valence electrons. The fraction of sp³-hybridized carbons (Fsp3) is 0.900. The van der Waals surface area contributed by atoms with Gasteiger partial charge in [-0.15, -0.1) is 0 Å². The van der Waals surface area contributed by atoms with E-state index in [2.05, 4.69) is 34.6 Å². The molecule has 0 amide bonds. The Morgan fingerprint density at radius 3 is 2.00 bits per heavy atom. The Bertz CT molecular complexity index is 494. The molecule has 0 saturated heterocycles. The predicted octanol–water partition coefficient (Wildman–Crippen LogP) is 4.65. The van der Waals surface area contributed by atoms with Gasteiger partial charge in [0.1, 0.15) is 5.60 Å². The van der Waals surface area contributed by atoms with Crippen LogP contribution >= 0.6 is 0 Å². The second-order valence-corrected chi connectivity index (χ2v) is 9.94. The van der Waals surface area contributed by atoms with Crippen molar-refractivity contribution < 1.29 is 19.1 Å². The lowest BCUT2D eigenvalue weighted by Gasteiger charge is -2.33. The van der Waals surface area contributed by atoms with Crippen molar-refractivity contribution in [2.75, 3.05) is 6.61 Å². The van der Waals surface area contributed by atoms with Crippen LogP contribution in [0.2, 0.25) is 0 Å². The number of rotatable bonds is 5. The summed E-state index contributed by atoms with van der Waals surface area (Å²) in [4.78, 5) is 24.8. The molecule has 1 atom stereocenters. The van der Waals surface area contributed by atoms with Crippen LogP contribution in [0.1, 0.15) is 86.5 Å². The number of esters is 2. The molecule has 0 aliphatic heterocycles. The Labute approximate surface area is 146 Å². The summed E-state index contributed by atoms with van der Waals surface area (Å²) in [5.41, 5.74) is -0.858. The molecule has 24 heavy (non-hydrogen) atoms. The molecule has 0 heterocycles. The molecule has 0 aromatic rings. The molecular formula is C20H34O4. The van der Waals surface area contributed by atoms with Crippen LogP contribution < -0.4 is 0 Å². The monoisotopic (exact) mass is 338 g/mol. The van der Waals surface area contributed by atoms with E-state index in [1.54, 1.807) is 0 Å². The molecule has 2 rings (SSSR count). The van der Waals surface area contributed by atoms with Crippen molar-refractivity contribution in [3.8, 4) is 0 Å². The molecule has 0 N–H and O–H groups in total. The maximum Gasteiger partial charge on any atom is 0.344 e. The highest BCUT2D eigenvalue weighted by molar-refractivity contribution is 5.84. The van der Waals surface area contributed by atoms with Crippen LogP contribution in [0.4, 0.5) is 0 Å². The molecule has 2 aliphatic rings. The third-order valence-corrected chi connectivity index (χ3v) is 5.73. The van der Waals surface area contributed by atoms with Gasteiger partial charge in [-0.25, -0.2) is 4.79 Å². The van der Waals surface area contributed by atoms with Crippen LogP contribution in [0.15, 0.2) is 0 Å². The van der Waals surface area contributed by atoms with Gasteiger partial charge in [-0.05, 0) is 56.3 Å². The lowest BCUT2D eigenvalue weighted by Crippen LogP contribution is -2.36. The van der Waals surface area contributed by atoms with Crippen molar-refractivity contribution in [3.05, 3.63) is 0 Å². The summed E-state index contributed by atoms with van der Waals surface area (Å²) in [7, 11) is 0. The molecule has 0 aromatic heterocycles. The molecule has 0 aromatic carbocycles. The Morgan fingerprint density at radius 1 is 1.00 bits per heavy atom. The molecule has 0 spiro atoms. The van der Waals surface area contributed by atoms with E-state index in [0.717, 1.165) is 38.5 Å². The van der Waals surface area contributed by atoms with Gasteiger partial charge >= 0.3 is 11.9 Å². The van der Waals surface area contributed by atoms with Crippen LogP contribution in [0.25, 0.3) is 0 Å². The number of carbonyl (C=O) groups excluding carboxylic acids is 2. The molecule has 4 nitrogen and oxygen atoms in total. The lowest BCUT2D eigenvalue weighted by atomic mass is 9.79. The van der Waals surface area contributed by atoms with Gasteiger partial charge in [-0.3, -0.25) is 4.79 Å². The average Bonchev–Trinajstić information content (AvgIpc) is 2.96. The van der Waals surface area contributed by atoms with Crippen LogP contribution in [0, 0.1) is 16.2 Å². The minimum Gasteiger partial charge on any atom is -0.457 e. The van der Waals surface area contributed by atoms with E-state index in [9.17, 15) is 9.59 Å². The first-order valence-corrected chi connectivity index (χ1v) is 9.28. The largest absolute Gasteiger partial charge is 0.457 e. The van der Waals surface area contributed by atoms with Gasteiger partial charge in [0.05, 0.1) is 5.41 Å². The van der Waals surface area contributed by atoms with E-state index in [1.807, 2.05) is 6.92 Å². The minimum absolute atomic E-state index is 0.0445. The smallest absolute Gasteiger partial charge is 0.344 e. The highest BCUT2D eigenvalue weighted by Gasteiger charge is 2.67. The fourth-order valence-electron chi connectivity index (χ4n) is 4.31. The maximum atomic E-state index is 12.7. The summed E-state index contributed by atoms with van der Waals surface area (Å²) >= 11 is 0. The summed E-state index contributed by atoms with van der Waals surface area (Å²) in [6, 6.07) is 0. The fourth-order valence-corrected chi connectivity index (χ4v) is 4.31. The Morgan fingerprint density at radius 2 is 1.54 bits per heavy atom. The normalized spacial score (nSPS) is 28.1. The highest BCUT2D eigenvalue weighted by Crippen LogP contribution is 2.68. The molecule has 4 heteroatoms. The van der Waals surface area contributed by atoms with Gasteiger partial charge in [0, 0.05) is 0 Å². The van der Waals surface area contributed by atoms with Crippen molar-refractivity contribution in [3.63, 3.8) is 0 Å². The summed E-state index contributed by atoms with van der Waals surface area (Å²) in [6.07, 6.45) is 6.77. The molecule has 0 radical (unpaired) electrons. The topological polar surface area (TPSA) is 52.6 Å². The molecule has 2 aliphatic carbocycles. The Balaban J connectivity index is 1.89. The second-order valence-electron chi connectivity index (χ2n) is 9.94. The third kappa shape index (κ3) is 4.31. The molecule has 0 bridgehead atoms. The van der Waals surface area contributed by atoms with E-state index in [1.165, 1.54) is 6.42 Å². The van der Waals surface area contributed by atoms with Crippen molar-refractivity contribution >= 4 is 11.9 Å². The van der Waals surface area contributed by atoms with Crippen molar-refractivity contribution in [1.29, 1.82) is 0 Å². The quantitative estimate of drug-likeness (QED) is 0.685. The van der Waals surface area contributed by atoms with E-state index >= 15 is 0 Å². The number of hydrogen-bond donors (Lipinski definition) is 0. The van der Waals surface area contributed by atoms with Crippen molar-refractivity contribution in [1.82, 2.24) is 0 Å². The summed E-state index contributed by atoms with van der Waals surface area (Å²) < 4.78 is 11.0. The first kappa shape index (κ1) is 19.3. The van der Waals surface area contributed by atoms with Crippen LogP contribution in [-0.2, 0) is 19.1 Å². The summed E-state index contributed by atoms with van der Waals surface area (Å²) in [5, 5.41) is 0. The first-order valence-electron chi connectivity index (χ1n) is 9.28. The van der Waals surface area contributed by atoms with Crippen molar-refractivity contribution in [2.24, 2.45) is 16.2 Å². The number of ether oxygens (including phenoxy) is 2. The Hall–Kier alpha value is -1.06. The van der Waals surface area contributed by atoms with Gasteiger partial charge in [0.25, 0.3) is 0 Å². The average molecular weight is 338 g/mol. The second kappa shape index (κ2) is 6.34. The number of carbonyl (C=O) groups is 2. The van der Waals surface area contributed by atoms with E-state index in [-0.39, 0.29) is 29.0 Å². The third-order valence-electron chi connectivity index (χ3n) is 5.73. The minimum atomic E-state index is -0.458. The van der Waals surface area contributed by atoms with E-state index in [4.69, 9.17) is 9.47 Å². The van der Waals surface area contributed by atoms with Crippen LogP contribution in [0.3, 0.4) is 0 Å². The molecule has 2 fully saturated rings. The SMILES string of the molecule is CC(C)(C)CC1(C(=O)OCC(=O)OC2(C)CCCCC2)CC1(C)C. The van der Waals surface area contributed by atoms with Gasteiger partial charge in [0.15, 0.2) is 6.61 Å². The highest BCUT2D eigenvalue weighted by atomic mass is 16.6. The maximum absolute atomic E-state index is 12.7. The van der Waals surface area contributed by atoms with Crippen LogP contribution in [0.5, 0.6) is 0 Å². The zero-order valence-electron chi connectivity index (χ0n) is 16.3. The predicted molar refractivity (Wildman–Crippen MR) is 93.4 cm³/mol. The lowest BCUT2D eigenvalue weighted by molar-refractivity contribution is -0.174.